The number of benzene rings is 1. The van der Waals surface area contributed by atoms with E-state index in [2.05, 4.69) is 14.6 Å². The smallest absolute Gasteiger partial charge is 0.434 e. The number of ketones is 1. The third-order valence-corrected chi connectivity index (χ3v) is 3.16. The number of rotatable bonds is 4. The van der Waals surface area contributed by atoms with Crippen LogP contribution in [0.1, 0.15) is 23.8 Å². The highest BCUT2D eigenvalue weighted by Crippen LogP contribution is 2.36. The average Bonchev–Trinajstić information content (AvgIpc) is 2.96. The monoisotopic (exact) mass is 278 g/mol. The summed E-state index contributed by atoms with van der Waals surface area (Å²) in [5, 5.41) is 5.68. The number of ether oxygens (including phenoxy) is 1. The van der Waals surface area contributed by atoms with E-state index in [0.717, 1.165) is 5.56 Å². The maximum atomic E-state index is 13.0. The van der Waals surface area contributed by atoms with Crippen LogP contribution in [0, 0.1) is 5.82 Å². The van der Waals surface area contributed by atoms with E-state index in [-0.39, 0.29) is 36.3 Å². The first-order valence-corrected chi connectivity index (χ1v) is 6.10. The molecule has 1 aliphatic rings. The van der Waals surface area contributed by atoms with Gasteiger partial charge >= 0.3 is 5.76 Å². The number of H-pyrrole nitrogens is 1. The van der Waals surface area contributed by atoms with Crippen molar-refractivity contribution in [3.63, 3.8) is 0 Å². The molecule has 0 aliphatic carbocycles. The third-order valence-electron chi connectivity index (χ3n) is 3.16. The SMILES string of the molecule is O=C(Cc1n[nH]c(=O)o1)C[C@@H]1COc2cc(F)ccc21. The van der Waals surface area contributed by atoms with Gasteiger partial charge in [0.25, 0.3) is 0 Å². The van der Waals surface area contributed by atoms with Crippen LogP contribution in [0.3, 0.4) is 0 Å². The fraction of sp³-hybridized carbons (Fsp3) is 0.308. The minimum absolute atomic E-state index is 0.0498. The highest BCUT2D eigenvalue weighted by Gasteiger charge is 2.27. The minimum Gasteiger partial charge on any atom is -0.493 e. The molecule has 0 unspecified atom stereocenters. The first-order valence-electron chi connectivity index (χ1n) is 6.10. The van der Waals surface area contributed by atoms with Crippen molar-refractivity contribution in [3.8, 4) is 5.75 Å². The van der Waals surface area contributed by atoms with Gasteiger partial charge in [0.2, 0.25) is 5.89 Å². The van der Waals surface area contributed by atoms with Crippen LogP contribution >= 0.6 is 0 Å². The van der Waals surface area contributed by atoms with Crippen LogP contribution in [0.2, 0.25) is 0 Å². The van der Waals surface area contributed by atoms with E-state index in [1.807, 2.05) is 0 Å². The Labute approximate surface area is 112 Å². The number of nitrogens with zero attached hydrogens (tertiary/aromatic N) is 1. The van der Waals surface area contributed by atoms with Crippen LogP contribution in [0.15, 0.2) is 27.4 Å². The van der Waals surface area contributed by atoms with Crippen LogP contribution < -0.4 is 10.5 Å². The Bertz CT molecular complexity index is 706. The van der Waals surface area contributed by atoms with Gasteiger partial charge in [-0.25, -0.2) is 14.3 Å². The number of carbonyl (C=O) groups is 1. The zero-order valence-corrected chi connectivity index (χ0v) is 10.4. The number of aromatic nitrogens is 2. The van der Waals surface area contributed by atoms with Gasteiger partial charge in [-0.3, -0.25) is 4.79 Å². The van der Waals surface area contributed by atoms with Crippen molar-refractivity contribution in [3.05, 3.63) is 46.0 Å². The minimum atomic E-state index is -0.683. The highest BCUT2D eigenvalue weighted by molar-refractivity contribution is 5.81. The lowest BCUT2D eigenvalue weighted by Gasteiger charge is -2.06. The molecule has 2 aromatic rings. The maximum Gasteiger partial charge on any atom is 0.434 e. The number of carbonyl (C=O) groups excluding carboxylic acids is 1. The Morgan fingerprint density at radius 1 is 1.50 bits per heavy atom. The molecule has 0 saturated heterocycles. The molecule has 0 radical (unpaired) electrons. The number of fused-ring (bicyclic) bond motifs is 1. The molecular weight excluding hydrogens is 267 g/mol. The summed E-state index contributed by atoms with van der Waals surface area (Å²) in [6.45, 7) is 0.342. The predicted octanol–water partition coefficient (Wildman–Crippen LogP) is 1.18. The summed E-state index contributed by atoms with van der Waals surface area (Å²) in [5.74, 6) is -0.728. The maximum absolute atomic E-state index is 13.0. The van der Waals surface area contributed by atoms with Gasteiger partial charge in [0.1, 0.15) is 17.3 Å². The number of hydrogen-bond donors (Lipinski definition) is 1. The van der Waals surface area contributed by atoms with E-state index >= 15 is 0 Å². The van der Waals surface area contributed by atoms with E-state index in [1.54, 1.807) is 6.07 Å². The second kappa shape index (κ2) is 4.92. The van der Waals surface area contributed by atoms with Crippen LogP contribution in [0.5, 0.6) is 5.75 Å². The summed E-state index contributed by atoms with van der Waals surface area (Å²) >= 11 is 0. The Hall–Kier alpha value is -2.44. The van der Waals surface area contributed by atoms with Crippen molar-refractivity contribution >= 4 is 5.78 Å². The second-order valence-electron chi connectivity index (χ2n) is 4.62. The molecule has 0 saturated carbocycles. The van der Waals surface area contributed by atoms with Gasteiger partial charge < -0.3 is 9.15 Å². The number of hydrogen-bond acceptors (Lipinski definition) is 5. The fourth-order valence-electron chi connectivity index (χ4n) is 2.27. The number of Topliss-reactive ketones (excluding diaryl/α,β-unsaturated/α-hetero) is 1. The fourth-order valence-corrected chi connectivity index (χ4v) is 2.27. The number of aromatic amines is 1. The largest absolute Gasteiger partial charge is 0.493 e. The molecule has 3 rings (SSSR count). The van der Waals surface area contributed by atoms with Crippen molar-refractivity contribution in [1.82, 2.24) is 10.2 Å². The van der Waals surface area contributed by atoms with E-state index in [0.29, 0.717) is 12.4 Å². The van der Waals surface area contributed by atoms with Crippen LogP contribution in [0.25, 0.3) is 0 Å². The Morgan fingerprint density at radius 2 is 2.35 bits per heavy atom. The number of nitrogens with one attached hydrogen (secondary N) is 1. The first-order chi connectivity index (χ1) is 9.61. The lowest BCUT2D eigenvalue weighted by Crippen LogP contribution is -2.11. The van der Waals surface area contributed by atoms with E-state index in [1.165, 1.54) is 12.1 Å². The van der Waals surface area contributed by atoms with Crippen LogP contribution in [-0.2, 0) is 11.2 Å². The Morgan fingerprint density at radius 3 is 3.10 bits per heavy atom. The third kappa shape index (κ3) is 2.47. The van der Waals surface area contributed by atoms with Gasteiger partial charge in [-0.05, 0) is 6.07 Å². The molecule has 7 heteroatoms. The molecule has 0 fully saturated rings. The molecule has 1 aromatic carbocycles. The Kier molecular flexibility index (Phi) is 3.09. The molecule has 0 amide bonds. The van der Waals surface area contributed by atoms with Crippen molar-refractivity contribution in [2.24, 2.45) is 0 Å². The van der Waals surface area contributed by atoms with Crippen LogP contribution in [0.4, 0.5) is 4.39 Å². The molecule has 104 valence electrons. The summed E-state index contributed by atoms with van der Waals surface area (Å²) in [6, 6.07) is 4.29. The molecule has 1 aromatic heterocycles. The average molecular weight is 278 g/mol. The van der Waals surface area contributed by atoms with Gasteiger partial charge in [-0.2, -0.15) is 0 Å². The van der Waals surface area contributed by atoms with Crippen molar-refractivity contribution in [2.75, 3.05) is 6.61 Å². The normalized spacial score (nSPS) is 16.8. The van der Waals surface area contributed by atoms with Gasteiger partial charge in [0.15, 0.2) is 0 Å². The zero-order chi connectivity index (χ0) is 14.1. The highest BCUT2D eigenvalue weighted by atomic mass is 19.1. The number of halogens is 1. The summed E-state index contributed by atoms with van der Waals surface area (Å²) in [6.07, 6.45) is 0.182. The predicted molar refractivity (Wildman–Crippen MR) is 65.1 cm³/mol. The molecule has 0 bridgehead atoms. The first kappa shape index (κ1) is 12.6. The molecule has 1 atom stereocenters. The molecule has 0 spiro atoms. The lowest BCUT2D eigenvalue weighted by atomic mass is 9.95. The van der Waals surface area contributed by atoms with Gasteiger partial charge in [-0.15, -0.1) is 5.10 Å². The zero-order valence-electron chi connectivity index (χ0n) is 10.4. The van der Waals surface area contributed by atoms with Gasteiger partial charge in [0, 0.05) is 24.0 Å². The standard InChI is InChI=1S/C13H11FN2O4/c14-8-1-2-10-7(6-19-11(10)4-8)3-9(17)5-12-15-16-13(18)20-12/h1-2,4,7H,3,5-6H2,(H,16,18)/t7-/m1/s1. The van der Waals surface area contributed by atoms with Gasteiger partial charge in [-0.1, -0.05) is 6.07 Å². The summed E-state index contributed by atoms with van der Waals surface area (Å²) in [5.41, 5.74) is 0.822. The van der Waals surface area contributed by atoms with Crippen molar-refractivity contribution < 1.29 is 18.3 Å². The molecule has 2 heterocycles. The topological polar surface area (TPSA) is 85.2 Å². The molecule has 1 aliphatic heterocycles. The van der Waals surface area contributed by atoms with Crippen LogP contribution in [-0.4, -0.2) is 22.6 Å². The van der Waals surface area contributed by atoms with Crippen molar-refractivity contribution in [2.45, 2.75) is 18.8 Å². The molecular formula is C13H11FN2O4. The van der Waals surface area contributed by atoms with E-state index in [4.69, 9.17) is 4.74 Å². The summed E-state index contributed by atoms with van der Waals surface area (Å²) < 4.78 is 23.1. The molecule has 20 heavy (non-hydrogen) atoms. The lowest BCUT2D eigenvalue weighted by molar-refractivity contribution is -0.119. The van der Waals surface area contributed by atoms with Gasteiger partial charge in [0.05, 0.1) is 13.0 Å². The van der Waals surface area contributed by atoms with E-state index in [9.17, 15) is 14.0 Å². The van der Waals surface area contributed by atoms with Crippen molar-refractivity contribution in [1.29, 1.82) is 0 Å². The molecule has 1 N–H and O–H groups in total. The Balaban J connectivity index is 1.68. The quantitative estimate of drug-likeness (QED) is 0.907. The molecule has 6 nitrogen and oxygen atoms in total. The second-order valence-corrected chi connectivity index (χ2v) is 4.62. The summed E-state index contributed by atoms with van der Waals surface area (Å²) in [7, 11) is 0. The summed E-state index contributed by atoms with van der Waals surface area (Å²) in [4.78, 5) is 22.7. The van der Waals surface area contributed by atoms with E-state index < -0.39 is 5.76 Å².